The molecule has 1 aliphatic carbocycles. The van der Waals surface area contributed by atoms with Crippen LogP contribution in [0.3, 0.4) is 0 Å². The molecule has 0 aromatic heterocycles. The summed E-state index contributed by atoms with van der Waals surface area (Å²) in [7, 11) is 0. The second-order valence-electron chi connectivity index (χ2n) is 6.10. The minimum atomic E-state index is -0.729. The first-order valence-electron chi connectivity index (χ1n) is 7.53. The fourth-order valence-corrected chi connectivity index (χ4v) is 3.42. The molecule has 0 aliphatic heterocycles. The molecule has 3 nitrogen and oxygen atoms in total. The highest BCUT2D eigenvalue weighted by molar-refractivity contribution is 5.69. The molecule has 1 unspecified atom stereocenters. The van der Waals surface area contributed by atoms with Gasteiger partial charge in [-0.05, 0) is 39.2 Å². The smallest absolute Gasteiger partial charge is 0.317 e. The number of carboxylic acids is 1. The summed E-state index contributed by atoms with van der Waals surface area (Å²) in [5.41, 5.74) is 3.72. The van der Waals surface area contributed by atoms with Crippen LogP contribution >= 0.6 is 0 Å². The van der Waals surface area contributed by atoms with E-state index in [0.717, 1.165) is 12.8 Å². The van der Waals surface area contributed by atoms with E-state index < -0.39 is 5.97 Å². The second-order valence-corrected chi connectivity index (χ2v) is 6.10. The first-order chi connectivity index (χ1) is 9.47. The van der Waals surface area contributed by atoms with Crippen LogP contribution in [0.2, 0.25) is 0 Å². The Bertz CT molecular complexity index is 458. The van der Waals surface area contributed by atoms with E-state index >= 15 is 0 Å². The van der Waals surface area contributed by atoms with Crippen molar-refractivity contribution in [2.45, 2.75) is 58.5 Å². The molecule has 1 atom stereocenters. The zero-order valence-electron chi connectivity index (χ0n) is 12.7. The van der Waals surface area contributed by atoms with E-state index in [1.807, 2.05) is 0 Å². The van der Waals surface area contributed by atoms with Crippen LogP contribution in [-0.4, -0.2) is 28.6 Å². The highest BCUT2D eigenvalue weighted by Gasteiger charge is 2.28. The number of carboxylic acid groups (broad SMARTS) is 1. The minimum absolute atomic E-state index is 0.138. The van der Waals surface area contributed by atoms with Crippen molar-refractivity contribution in [1.29, 1.82) is 0 Å². The largest absolute Gasteiger partial charge is 0.480 e. The van der Waals surface area contributed by atoms with Gasteiger partial charge in [0.1, 0.15) is 0 Å². The summed E-state index contributed by atoms with van der Waals surface area (Å²) in [5.74, 6) is -0.729. The molecule has 0 bridgehead atoms. The third-order valence-electron chi connectivity index (χ3n) is 4.34. The maximum absolute atomic E-state index is 11.2. The van der Waals surface area contributed by atoms with Crippen LogP contribution in [0.15, 0.2) is 18.2 Å². The fraction of sp³-hybridized carbons (Fsp3) is 0.588. The molecule has 1 aromatic rings. The van der Waals surface area contributed by atoms with E-state index in [4.69, 9.17) is 0 Å². The summed E-state index contributed by atoms with van der Waals surface area (Å²) in [6.45, 7) is 6.47. The summed E-state index contributed by atoms with van der Waals surface area (Å²) in [5, 5.41) is 9.21. The van der Waals surface area contributed by atoms with Crippen molar-refractivity contribution < 1.29 is 9.90 Å². The summed E-state index contributed by atoms with van der Waals surface area (Å²) >= 11 is 0. The third-order valence-corrected chi connectivity index (χ3v) is 4.34. The highest BCUT2D eigenvalue weighted by atomic mass is 16.4. The normalized spacial score (nSPS) is 17.6. The molecule has 2 rings (SSSR count). The van der Waals surface area contributed by atoms with Gasteiger partial charge >= 0.3 is 5.97 Å². The quantitative estimate of drug-likeness (QED) is 0.891. The summed E-state index contributed by atoms with van der Waals surface area (Å²) < 4.78 is 0. The molecule has 1 aromatic carbocycles. The molecule has 3 heteroatoms. The average Bonchev–Trinajstić information content (AvgIpc) is 2.87. The molecule has 0 heterocycles. The lowest BCUT2D eigenvalue weighted by Crippen LogP contribution is -2.39. The molecule has 20 heavy (non-hydrogen) atoms. The Morgan fingerprint density at radius 3 is 2.30 bits per heavy atom. The van der Waals surface area contributed by atoms with E-state index in [1.54, 1.807) is 0 Å². The maximum atomic E-state index is 11.2. The second kappa shape index (κ2) is 6.40. The zero-order chi connectivity index (χ0) is 14.7. The molecule has 0 spiro atoms. The van der Waals surface area contributed by atoms with Crippen molar-refractivity contribution in [3.8, 4) is 0 Å². The first kappa shape index (κ1) is 15.0. The van der Waals surface area contributed by atoms with Gasteiger partial charge in [0.05, 0.1) is 6.54 Å². The Kier molecular flexibility index (Phi) is 4.81. The highest BCUT2D eigenvalue weighted by Crippen LogP contribution is 2.31. The Hall–Kier alpha value is -1.35. The monoisotopic (exact) mass is 275 g/mol. The lowest BCUT2D eigenvalue weighted by molar-refractivity contribution is -0.139. The zero-order valence-corrected chi connectivity index (χ0v) is 12.7. The van der Waals surface area contributed by atoms with Gasteiger partial charge in [0, 0.05) is 12.1 Å². The summed E-state index contributed by atoms with van der Waals surface area (Å²) in [6.07, 6.45) is 4.70. The molecular weight excluding hydrogens is 250 g/mol. The molecule has 0 radical (unpaired) electrons. The van der Waals surface area contributed by atoms with Gasteiger partial charge in [-0.25, -0.2) is 0 Å². The van der Waals surface area contributed by atoms with Gasteiger partial charge in [-0.2, -0.15) is 0 Å². The lowest BCUT2D eigenvalue weighted by atomic mass is 9.99. The minimum Gasteiger partial charge on any atom is -0.480 e. The van der Waals surface area contributed by atoms with Crippen LogP contribution in [0.5, 0.6) is 0 Å². The Labute approximate surface area is 121 Å². The number of hydrogen-bond acceptors (Lipinski definition) is 2. The van der Waals surface area contributed by atoms with Gasteiger partial charge in [-0.15, -0.1) is 0 Å². The van der Waals surface area contributed by atoms with Gasteiger partial charge in [-0.1, -0.05) is 42.2 Å². The van der Waals surface area contributed by atoms with Crippen LogP contribution in [-0.2, 0) is 4.79 Å². The maximum Gasteiger partial charge on any atom is 0.317 e. The predicted molar refractivity (Wildman–Crippen MR) is 80.9 cm³/mol. The van der Waals surface area contributed by atoms with E-state index in [2.05, 4.69) is 43.9 Å². The number of aryl methyl sites for hydroxylation is 2. The van der Waals surface area contributed by atoms with E-state index in [1.165, 1.54) is 29.5 Å². The van der Waals surface area contributed by atoms with Crippen LogP contribution in [0.1, 0.15) is 55.3 Å². The van der Waals surface area contributed by atoms with Gasteiger partial charge in [0.15, 0.2) is 0 Å². The number of carbonyl (C=O) groups is 1. The van der Waals surface area contributed by atoms with Crippen molar-refractivity contribution in [1.82, 2.24) is 4.90 Å². The lowest BCUT2D eigenvalue weighted by Gasteiger charge is -2.33. The molecule has 1 aliphatic rings. The molecule has 1 N–H and O–H groups in total. The van der Waals surface area contributed by atoms with Crippen LogP contribution in [0, 0.1) is 13.8 Å². The van der Waals surface area contributed by atoms with Crippen LogP contribution in [0.25, 0.3) is 0 Å². The van der Waals surface area contributed by atoms with Crippen molar-refractivity contribution in [2.75, 3.05) is 6.54 Å². The van der Waals surface area contributed by atoms with Gasteiger partial charge in [0.25, 0.3) is 0 Å². The Morgan fingerprint density at radius 1 is 1.25 bits per heavy atom. The molecule has 1 saturated carbocycles. The Morgan fingerprint density at radius 2 is 1.80 bits per heavy atom. The van der Waals surface area contributed by atoms with Gasteiger partial charge in [0.2, 0.25) is 0 Å². The van der Waals surface area contributed by atoms with Crippen LogP contribution < -0.4 is 0 Å². The van der Waals surface area contributed by atoms with E-state index in [0.29, 0.717) is 6.04 Å². The van der Waals surface area contributed by atoms with Crippen molar-refractivity contribution in [2.24, 2.45) is 0 Å². The van der Waals surface area contributed by atoms with Crippen LogP contribution in [0.4, 0.5) is 0 Å². The number of aliphatic carboxylic acids is 1. The number of hydrogen-bond donors (Lipinski definition) is 1. The standard InChI is InChI=1S/C17H25NO2/c1-12-8-13(2)10-15(9-12)14(3)18(11-17(19)20)16-6-4-5-7-16/h8-10,14,16H,4-7,11H2,1-3H3,(H,19,20). The van der Waals surface area contributed by atoms with E-state index in [9.17, 15) is 9.90 Å². The topological polar surface area (TPSA) is 40.5 Å². The van der Waals surface area contributed by atoms with E-state index in [-0.39, 0.29) is 12.6 Å². The van der Waals surface area contributed by atoms with Crippen molar-refractivity contribution in [3.05, 3.63) is 34.9 Å². The summed E-state index contributed by atoms with van der Waals surface area (Å²) in [4.78, 5) is 13.4. The van der Waals surface area contributed by atoms with Crippen molar-refractivity contribution in [3.63, 3.8) is 0 Å². The van der Waals surface area contributed by atoms with Gasteiger partial charge in [-0.3, -0.25) is 9.69 Å². The summed E-state index contributed by atoms with van der Waals surface area (Å²) in [6, 6.07) is 7.10. The molecular formula is C17H25NO2. The predicted octanol–water partition coefficient (Wildman–Crippen LogP) is 3.69. The van der Waals surface area contributed by atoms with Crippen molar-refractivity contribution >= 4 is 5.97 Å². The average molecular weight is 275 g/mol. The first-order valence-corrected chi connectivity index (χ1v) is 7.53. The fourth-order valence-electron chi connectivity index (χ4n) is 3.42. The van der Waals surface area contributed by atoms with Gasteiger partial charge < -0.3 is 5.11 Å². The third kappa shape index (κ3) is 3.60. The number of benzene rings is 1. The molecule has 1 fully saturated rings. The number of rotatable bonds is 5. The molecule has 0 saturated heterocycles. The molecule has 110 valence electrons. The SMILES string of the molecule is Cc1cc(C)cc(C(C)N(CC(=O)O)C2CCCC2)c1. The molecule has 0 amide bonds. The Balaban J connectivity index is 2.24. The number of nitrogens with zero attached hydrogens (tertiary/aromatic N) is 1.